The van der Waals surface area contributed by atoms with Crippen molar-refractivity contribution in [1.82, 2.24) is 0 Å². The van der Waals surface area contributed by atoms with Crippen molar-refractivity contribution in [1.29, 1.82) is 0 Å². The van der Waals surface area contributed by atoms with E-state index in [0.717, 1.165) is 0 Å². The van der Waals surface area contributed by atoms with Gasteiger partial charge in [-0.05, 0) is 48.8 Å². The predicted octanol–water partition coefficient (Wildman–Crippen LogP) is 4.92. The Hall–Kier alpha value is -1.14. The summed E-state index contributed by atoms with van der Waals surface area (Å²) in [6.07, 6.45) is 0. The molecule has 174 valence electrons. The van der Waals surface area contributed by atoms with Gasteiger partial charge in [0.05, 0.1) is 0 Å². The van der Waals surface area contributed by atoms with E-state index in [2.05, 4.69) is 141 Å². The molecule has 0 unspecified atom stereocenters. The van der Waals surface area contributed by atoms with E-state index in [1.54, 1.807) is 0 Å². The van der Waals surface area contributed by atoms with Crippen molar-refractivity contribution in [3.05, 3.63) is 89.5 Å². The van der Waals surface area contributed by atoms with Gasteiger partial charge >= 0.3 is 18.9 Å². The van der Waals surface area contributed by atoms with E-state index in [0.29, 0.717) is 0 Å². The quantitative estimate of drug-likeness (QED) is 0.282. The van der Waals surface area contributed by atoms with Crippen LogP contribution in [0.25, 0.3) is 0 Å². The van der Waals surface area contributed by atoms with Crippen LogP contribution in [0.3, 0.4) is 0 Å². The Balaban J connectivity index is 0.00000408. The molecule has 0 aliphatic rings. The second-order valence-electron chi connectivity index (χ2n) is 11.9. The van der Waals surface area contributed by atoms with Crippen molar-refractivity contribution in [3.8, 4) is 0 Å². The van der Waals surface area contributed by atoms with Crippen LogP contribution < -0.4 is 34.8 Å². The Morgan fingerprint density at radius 2 is 0.971 bits per heavy atom. The zero-order chi connectivity index (χ0) is 24.4. The summed E-state index contributed by atoms with van der Waals surface area (Å²) in [5, 5.41) is 4.14. The molecule has 34 heavy (non-hydrogen) atoms. The summed E-state index contributed by atoms with van der Waals surface area (Å²) in [5.74, 6) is 0. The Bertz CT molecular complexity index is 1020. The smallest absolute Gasteiger partial charge is 0.423 e. The molecule has 0 bridgehead atoms. The first-order chi connectivity index (χ1) is 15.3. The van der Waals surface area contributed by atoms with Crippen LogP contribution in [0.15, 0.2) is 72.8 Å². The number of hydrogen-bond donors (Lipinski definition) is 0. The Morgan fingerprint density at radius 1 is 0.588 bits per heavy atom. The van der Waals surface area contributed by atoms with Gasteiger partial charge in [0, 0.05) is 0 Å². The first kappa shape index (κ1) is 29.1. The van der Waals surface area contributed by atoms with Crippen LogP contribution >= 0.6 is 16.1 Å². The molecule has 3 aromatic carbocycles. The normalized spacial score (nSPS) is 12.8. The molecule has 0 spiro atoms. The Kier molecular flexibility index (Phi) is 9.65. The summed E-state index contributed by atoms with van der Waals surface area (Å²) in [4.78, 5) is 0. The van der Waals surface area contributed by atoms with Gasteiger partial charge < -0.3 is 5.54 Å². The minimum absolute atomic E-state index is 0. The van der Waals surface area contributed by atoms with Crippen LogP contribution in [-0.2, 0) is 16.2 Å². The summed E-state index contributed by atoms with van der Waals surface area (Å²) >= 11 is 0. The molecule has 3 rings (SSSR count). The molecular formula is C31H39LiP2. The fraction of sp³-hybridized carbons (Fsp3) is 0.387. The topological polar surface area (TPSA) is 0 Å². The minimum atomic E-state index is -0.664. The van der Waals surface area contributed by atoms with E-state index in [1.165, 1.54) is 40.8 Å². The SMILES string of the molecule is CC(C)(C)c1cc(C(C)(C)C)c(P=[C-]P(c2ccccc2)c2ccccc2)c(C(C)(C)C)c1.[Li+]. The van der Waals surface area contributed by atoms with Gasteiger partial charge in [0.15, 0.2) is 0 Å². The molecule has 0 saturated carbocycles. The van der Waals surface area contributed by atoms with Crippen molar-refractivity contribution < 1.29 is 18.9 Å². The average Bonchev–Trinajstić information content (AvgIpc) is 2.73. The molecule has 0 saturated heterocycles. The zero-order valence-corrected chi connectivity index (χ0v) is 24.6. The molecule has 3 heteroatoms. The maximum atomic E-state index is 3.99. The third-order valence-corrected chi connectivity index (χ3v) is 9.42. The van der Waals surface area contributed by atoms with E-state index in [-0.39, 0.29) is 35.1 Å². The van der Waals surface area contributed by atoms with Gasteiger partial charge in [0.25, 0.3) is 0 Å². The maximum absolute atomic E-state index is 3.99. The van der Waals surface area contributed by atoms with Crippen LogP contribution in [-0.4, -0.2) is 5.54 Å². The van der Waals surface area contributed by atoms with E-state index >= 15 is 0 Å². The second kappa shape index (κ2) is 11.3. The first-order valence-corrected chi connectivity index (χ1v) is 14.1. The molecule has 0 nitrogen and oxygen atoms in total. The third kappa shape index (κ3) is 7.19. The van der Waals surface area contributed by atoms with Crippen LogP contribution in [0.2, 0.25) is 0 Å². The van der Waals surface area contributed by atoms with Crippen molar-refractivity contribution in [2.45, 2.75) is 78.6 Å². The van der Waals surface area contributed by atoms with Gasteiger partial charge in [-0.15, -0.1) is 0 Å². The Labute approximate surface area is 223 Å². The largest absolute Gasteiger partial charge is 1.00 e. The number of hydrogen-bond acceptors (Lipinski definition) is 0. The van der Waals surface area contributed by atoms with Crippen molar-refractivity contribution in [2.24, 2.45) is 0 Å². The predicted molar refractivity (Wildman–Crippen MR) is 153 cm³/mol. The summed E-state index contributed by atoms with van der Waals surface area (Å²) in [6, 6.07) is 26.7. The summed E-state index contributed by atoms with van der Waals surface area (Å²) in [5.41, 5.74) is 8.55. The van der Waals surface area contributed by atoms with E-state index in [1.807, 2.05) is 0 Å². The number of rotatable bonds is 4. The van der Waals surface area contributed by atoms with Gasteiger partial charge in [-0.1, -0.05) is 135 Å². The van der Waals surface area contributed by atoms with Crippen molar-refractivity contribution >= 4 is 37.6 Å². The Morgan fingerprint density at radius 3 is 1.29 bits per heavy atom. The van der Waals surface area contributed by atoms with Crippen LogP contribution in [0.1, 0.15) is 79.0 Å². The first-order valence-electron chi connectivity index (χ1n) is 11.8. The van der Waals surface area contributed by atoms with Crippen LogP contribution in [0.5, 0.6) is 0 Å². The van der Waals surface area contributed by atoms with Crippen LogP contribution in [0.4, 0.5) is 0 Å². The van der Waals surface area contributed by atoms with Gasteiger partial charge in [-0.25, -0.2) is 7.92 Å². The molecule has 0 aliphatic carbocycles. The van der Waals surface area contributed by atoms with Gasteiger partial charge in [0.2, 0.25) is 0 Å². The molecule has 0 amide bonds. The van der Waals surface area contributed by atoms with E-state index in [9.17, 15) is 0 Å². The van der Waals surface area contributed by atoms with Crippen molar-refractivity contribution in [3.63, 3.8) is 0 Å². The molecule has 0 N–H and O–H groups in total. The molecule has 0 aromatic heterocycles. The van der Waals surface area contributed by atoms with Gasteiger partial charge in [-0.3, -0.25) is 8.20 Å². The fourth-order valence-corrected chi connectivity index (χ4v) is 7.85. The van der Waals surface area contributed by atoms with Crippen molar-refractivity contribution in [2.75, 3.05) is 0 Å². The van der Waals surface area contributed by atoms with E-state index in [4.69, 9.17) is 0 Å². The summed E-state index contributed by atoms with van der Waals surface area (Å²) in [7, 11) is 0.518. The van der Waals surface area contributed by atoms with Gasteiger partial charge in [0.1, 0.15) is 0 Å². The molecule has 0 radical (unpaired) electrons. The van der Waals surface area contributed by atoms with Crippen LogP contribution in [0, 0.1) is 0 Å². The molecule has 0 aliphatic heterocycles. The third-order valence-electron chi connectivity index (χ3n) is 5.88. The maximum Gasteiger partial charge on any atom is 1.00 e. The molecule has 0 atom stereocenters. The van der Waals surface area contributed by atoms with Gasteiger partial charge in [-0.2, -0.15) is 0 Å². The molecular weight excluding hydrogens is 441 g/mol. The minimum Gasteiger partial charge on any atom is -0.423 e. The summed E-state index contributed by atoms with van der Waals surface area (Å²) < 4.78 is 0. The molecule has 3 aromatic rings. The molecule has 0 heterocycles. The monoisotopic (exact) mass is 480 g/mol. The standard InChI is InChI=1S/C31H39P2.Li/c1-29(2,3)23-20-26(30(4,5)6)28(27(21-23)31(7,8)9)32-22-33(24-16-12-10-13-17-24)25-18-14-11-15-19-25;/h10-21H,1-9H3;/q-1;+1. The summed E-state index contributed by atoms with van der Waals surface area (Å²) in [6.45, 7) is 21.0. The molecule has 0 fully saturated rings. The average molecular weight is 481 g/mol. The fourth-order valence-electron chi connectivity index (χ4n) is 3.85. The second-order valence-corrected chi connectivity index (χ2v) is 15.1. The number of benzene rings is 3. The van der Waals surface area contributed by atoms with E-state index < -0.39 is 7.92 Å². The zero-order valence-electron chi connectivity index (χ0n) is 22.8.